The standard InChI is InChI=1S/C25H34N2O5/c1-13(8-20(29)30)26-18-5-4-17-19-10-15-9-16(12-28)22(31)23-21(15)25(17,24(18)32-23)6-7-27(19)11-14-2-3-14/h9,13-14,17-19,24,26,28,31H,2-8,10-12H2,1H3,(H,29,30)/t13?,17-,18?,19+,24?,25-/m0/s1. The molecule has 6 rings (SSSR count). The Morgan fingerprint density at radius 2 is 2.16 bits per heavy atom. The normalized spacial score (nSPS) is 35.8. The van der Waals surface area contributed by atoms with Crippen molar-refractivity contribution in [3.05, 3.63) is 22.8 Å². The van der Waals surface area contributed by atoms with Crippen LogP contribution in [0.1, 0.15) is 62.1 Å². The molecule has 7 nitrogen and oxygen atoms in total. The predicted octanol–water partition coefficient (Wildman–Crippen LogP) is 2.16. The molecule has 3 aliphatic carbocycles. The van der Waals surface area contributed by atoms with Crippen LogP contribution in [0.5, 0.6) is 11.5 Å². The maximum absolute atomic E-state index is 11.2. The summed E-state index contributed by atoms with van der Waals surface area (Å²) in [7, 11) is 0. The zero-order chi connectivity index (χ0) is 22.2. The minimum Gasteiger partial charge on any atom is -0.504 e. The second-order valence-electron chi connectivity index (χ2n) is 10.9. The van der Waals surface area contributed by atoms with E-state index < -0.39 is 5.97 Å². The first-order chi connectivity index (χ1) is 15.4. The monoisotopic (exact) mass is 442 g/mol. The summed E-state index contributed by atoms with van der Waals surface area (Å²) in [5.41, 5.74) is 2.81. The van der Waals surface area contributed by atoms with E-state index in [-0.39, 0.29) is 42.4 Å². The van der Waals surface area contributed by atoms with E-state index in [9.17, 15) is 20.1 Å². The van der Waals surface area contributed by atoms with Gasteiger partial charge in [0.2, 0.25) is 0 Å². The van der Waals surface area contributed by atoms with Gasteiger partial charge in [0.25, 0.3) is 0 Å². The number of aliphatic hydroxyl groups excluding tert-OH is 1. The van der Waals surface area contributed by atoms with Gasteiger partial charge < -0.3 is 25.4 Å². The van der Waals surface area contributed by atoms with E-state index in [1.165, 1.54) is 30.5 Å². The largest absolute Gasteiger partial charge is 0.504 e. The lowest BCUT2D eigenvalue weighted by molar-refractivity contribution is -0.137. The van der Waals surface area contributed by atoms with Crippen molar-refractivity contribution in [3.63, 3.8) is 0 Å². The van der Waals surface area contributed by atoms with E-state index in [1.807, 2.05) is 13.0 Å². The van der Waals surface area contributed by atoms with Gasteiger partial charge in [-0.2, -0.15) is 0 Å². The first kappa shape index (κ1) is 20.8. The second-order valence-corrected chi connectivity index (χ2v) is 10.9. The average molecular weight is 443 g/mol. The minimum absolute atomic E-state index is 0.0477. The van der Waals surface area contributed by atoms with Gasteiger partial charge in [0.1, 0.15) is 6.10 Å². The number of carboxylic acids is 1. The van der Waals surface area contributed by atoms with Gasteiger partial charge in [-0.1, -0.05) is 0 Å². The third-order valence-corrected chi connectivity index (χ3v) is 8.96. The van der Waals surface area contributed by atoms with E-state index >= 15 is 0 Å². The van der Waals surface area contributed by atoms with Crippen LogP contribution >= 0.6 is 0 Å². The van der Waals surface area contributed by atoms with Crippen molar-refractivity contribution in [2.24, 2.45) is 11.8 Å². The number of rotatable bonds is 7. The topological polar surface area (TPSA) is 102 Å². The van der Waals surface area contributed by atoms with Crippen LogP contribution in [0, 0.1) is 11.8 Å². The number of ether oxygens (including phenoxy) is 1. The molecule has 7 heteroatoms. The van der Waals surface area contributed by atoms with Crippen molar-refractivity contribution in [1.29, 1.82) is 0 Å². The first-order valence-corrected chi connectivity index (χ1v) is 12.3. The highest BCUT2D eigenvalue weighted by molar-refractivity contribution is 5.67. The SMILES string of the molecule is CC(CC(=O)O)NC1CC[C@H]2[C@H]3Cc4cc(CO)c(O)c5c4[C@@]2(CCN3CC2CC2)C1O5. The number of nitrogens with zero attached hydrogens (tertiary/aromatic N) is 1. The summed E-state index contributed by atoms with van der Waals surface area (Å²) in [6.07, 6.45) is 6.67. The molecular weight excluding hydrogens is 408 g/mol. The molecule has 2 bridgehead atoms. The van der Waals surface area contributed by atoms with E-state index in [0.29, 0.717) is 23.3 Å². The van der Waals surface area contributed by atoms with Crippen molar-refractivity contribution in [1.82, 2.24) is 10.2 Å². The molecule has 3 unspecified atom stereocenters. The molecule has 0 amide bonds. The number of hydrogen-bond donors (Lipinski definition) is 4. The molecule has 6 atom stereocenters. The van der Waals surface area contributed by atoms with Crippen LogP contribution in [0.15, 0.2) is 6.07 Å². The number of likely N-dealkylation sites (tertiary alicyclic amines) is 1. The fraction of sp³-hybridized carbons (Fsp3) is 0.720. The summed E-state index contributed by atoms with van der Waals surface area (Å²) in [5.74, 6) is 1.20. The quantitative estimate of drug-likeness (QED) is 0.513. The lowest BCUT2D eigenvalue weighted by atomic mass is 9.51. The fourth-order valence-electron chi connectivity index (χ4n) is 7.60. The Kier molecular flexibility index (Phi) is 4.76. The Labute approximate surface area is 188 Å². The summed E-state index contributed by atoms with van der Waals surface area (Å²) >= 11 is 0. The molecule has 1 aromatic rings. The summed E-state index contributed by atoms with van der Waals surface area (Å²) in [5, 5.41) is 33.6. The highest BCUT2D eigenvalue weighted by Gasteiger charge is 2.66. The first-order valence-electron chi connectivity index (χ1n) is 12.3. The third-order valence-electron chi connectivity index (χ3n) is 8.96. The number of hydrogen-bond acceptors (Lipinski definition) is 6. The number of phenols is 1. The zero-order valence-electron chi connectivity index (χ0n) is 18.7. The van der Waals surface area contributed by atoms with Gasteiger partial charge in [-0.15, -0.1) is 0 Å². The van der Waals surface area contributed by atoms with Gasteiger partial charge in [-0.3, -0.25) is 9.69 Å². The fourth-order valence-corrected chi connectivity index (χ4v) is 7.60. The van der Waals surface area contributed by atoms with E-state index in [4.69, 9.17) is 4.74 Å². The van der Waals surface area contributed by atoms with Crippen LogP contribution in [0.3, 0.4) is 0 Å². The number of aliphatic carboxylic acids is 1. The Bertz CT molecular complexity index is 947. The highest BCUT2D eigenvalue weighted by atomic mass is 16.5. The summed E-state index contributed by atoms with van der Waals surface area (Å²) in [6.45, 7) is 3.96. The molecule has 4 N–H and O–H groups in total. The lowest BCUT2D eigenvalue weighted by Gasteiger charge is -2.60. The van der Waals surface area contributed by atoms with Crippen molar-refractivity contribution >= 4 is 5.97 Å². The van der Waals surface area contributed by atoms with Crippen LogP contribution in [0.2, 0.25) is 0 Å². The number of aliphatic hydroxyl groups is 1. The third kappa shape index (κ3) is 2.94. The molecule has 1 aromatic carbocycles. The van der Waals surface area contributed by atoms with Gasteiger partial charge in [-0.05, 0) is 75.5 Å². The molecule has 0 radical (unpaired) electrons. The predicted molar refractivity (Wildman–Crippen MR) is 118 cm³/mol. The molecule has 2 saturated carbocycles. The number of benzene rings is 1. The second kappa shape index (κ2) is 7.34. The zero-order valence-corrected chi connectivity index (χ0v) is 18.7. The van der Waals surface area contributed by atoms with Crippen molar-refractivity contribution in [2.75, 3.05) is 13.1 Å². The maximum Gasteiger partial charge on any atom is 0.304 e. The van der Waals surface area contributed by atoms with E-state index in [0.717, 1.165) is 38.1 Å². The van der Waals surface area contributed by atoms with Gasteiger partial charge >= 0.3 is 5.97 Å². The Balaban J connectivity index is 1.41. The molecule has 174 valence electrons. The Hall–Kier alpha value is -1.83. The van der Waals surface area contributed by atoms with Crippen molar-refractivity contribution < 1.29 is 24.9 Å². The van der Waals surface area contributed by atoms with Gasteiger partial charge in [0, 0.05) is 41.2 Å². The van der Waals surface area contributed by atoms with Crippen LogP contribution in [-0.4, -0.2) is 63.5 Å². The van der Waals surface area contributed by atoms with Gasteiger partial charge in [0.15, 0.2) is 11.5 Å². The molecule has 2 aliphatic heterocycles. The van der Waals surface area contributed by atoms with Crippen LogP contribution in [0.4, 0.5) is 0 Å². The van der Waals surface area contributed by atoms with Crippen LogP contribution in [-0.2, 0) is 23.2 Å². The van der Waals surface area contributed by atoms with Crippen molar-refractivity contribution in [3.8, 4) is 11.5 Å². The Morgan fingerprint density at radius 1 is 1.34 bits per heavy atom. The lowest BCUT2D eigenvalue weighted by Crippen LogP contribution is -2.69. The number of aromatic hydroxyl groups is 1. The van der Waals surface area contributed by atoms with Crippen LogP contribution in [0.25, 0.3) is 0 Å². The molecule has 1 spiro atoms. The molecule has 2 heterocycles. The number of piperidine rings is 1. The number of carbonyl (C=O) groups is 1. The smallest absolute Gasteiger partial charge is 0.304 e. The maximum atomic E-state index is 11.2. The highest BCUT2D eigenvalue weighted by Crippen LogP contribution is 2.64. The summed E-state index contributed by atoms with van der Waals surface area (Å²) in [4.78, 5) is 14.0. The van der Waals surface area contributed by atoms with E-state index in [2.05, 4.69) is 10.2 Å². The molecule has 0 aromatic heterocycles. The summed E-state index contributed by atoms with van der Waals surface area (Å²) in [6, 6.07) is 2.39. The minimum atomic E-state index is -0.800. The number of nitrogens with one attached hydrogen (secondary N) is 1. The molecule has 32 heavy (non-hydrogen) atoms. The van der Waals surface area contributed by atoms with Crippen molar-refractivity contribution in [2.45, 2.75) is 88.1 Å². The molecular formula is C25H34N2O5. The molecule has 3 fully saturated rings. The summed E-state index contributed by atoms with van der Waals surface area (Å²) < 4.78 is 6.61. The van der Waals surface area contributed by atoms with Gasteiger partial charge in [-0.25, -0.2) is 0 Å². The molecule has 5 aliphatic rings. The van der Waals surface area contributed by atoms with E-state index in [1.54, 1.807) is 0 Å². The average Bonchev–Trinajstić information content (AvgIpc) is 3.49. The Morgan fingerprint density at radius 3 is 2.88 bits per heavy atom. The molecule has 1 saturated heterocycles. The van der Waals surface area contributed by atoms with Crippen LogP contribution < -0.4 is 10.1 Å². The number of carboxylic acid groups (broad SMARTS) is 1. The van der Waals surface area contributed by atoms with Gasteiger partial charge in [0.05, 0.1) is 13.0 Å².